The fourth-order valence-electron chi connectivity index (χ4n) is 6.33. The molecule has 0 N–H and O–H groups in total. The van der Waals surface area contributed by atoms with Gasteiger partial charge in [0.25, 0.3) is 0 Å². The molecular formula is C39H23N3. The van der Waals surface area contributed by atoms with Crippen LogP contribution < -0.4 is 0 Å². The van der Waals surface area contributed by atoms with E-state index in [-0.39, 0.29) is 0 Å². The predicted molar refractivity (Wildman–Crippen MR) is 170 cm³/mol. The van der Waals surface area contributed by atoms with Crippen LogP contribution in [0.15, 0.2) is 140 Å². The third kappa shape index (κ3) is 3.74. The van der Waals surface area contributed by atoms with E-state index < -0.39 is 0 Å². The largest absolute Gasteiger partial charge is 0.191 e. The minimum atomic E-state index is 0.311. The van der Waals surface area contributed by atoms with Gasteiger partial charge in [0.2, 0.25) is 0 Å². The van der Waals surface area contributed by atoms with Crippen LogP contribution in [0.3, 0.4) is 0 Å². The highest BCUT2D eigenvalue weighted by atomic mass is 15.1. The molecule has 0 fully saturated rings. The molecule has 1 aliphatic rings. The zero-order valence-electron chi connectivity index (χ0n) is 22.6. The van der Waals surface area contributed by atoms with Crippen LogP contribution in [-0.4, -0.2) is 10.2 Å². The SMILES string of the molecule is N#Cc1ccc(-c2ccc(-c3cc(-c4ccccc4)c4c(c3-c3ccccc3)-c3cccc5cccc-4c35)cc2)nn1. The van der Waals surface area contributed by atoms with Crippen LogP contribution in [0.4, 0.5) is 0 Å². The van der Waals surface area contributed by atoms with Crippen molar-refractivity contribution in [2.75, 3.05) is 0 Å². The lowest BCUT2D eigenvalue weighted by Gasteiger charge is -2.21. The molecule has 1 aromatic heterocycles. The molecule has 0 radical (unpaired) electrons. The van der Waals surface area contributed by atoms with Gasteiger partial charge in [0, 0.05) is 5.56 Å². The van der Waals surface area contributed by atoms with Crippen LogP contribution in [-0.2, 0) is 0 Å². The van der Waals surface area contributed by atoms with Crippen LogP contribution in [0, 0.1) is 11.3 Å². The molecule has 0 unspecified atom stereocenters. The standard InChI is InChI=1S/C39H23N3/c40-24-30-21-22-35(42-41-30)27-19-17-26(18-20-27)33-23-34(25-9-3-1-4-10-25)38-31-15-7-13-28-14-8-16-32(36(28)31)39(38)37(33)29-11-5-2-6-12-29/h1-23H. The summed E-state index contributed by atoms with van der Waals surface area (Å²) >= 11 is 0. The summed E-state index contributed by atoms with van der Waals surface area (Å²) in [6, 6.07) is 51.2. The highest BCUT2D eigenvalue weighted by Gasteiger charge is 2.30. The van der Waals surface area contributed by atoms with Gasteiger partial charge in [0.15, 0.2) is 5.69 Å². The third-order valence-corrected chi connectivity index (χ3v) is 8.19. The molecule has 0 saturated heterocycles. The van der Waals surface area contributed by atoms with Gasteiger partial charge in [-0.05, 0) is 84.6 Å². The minimum absolute atomic E-state index is 0.311. The zero-order valence-corrected chi connectivity index (χ0v) is 22.6. The van der Waals surface area contributed by atoms with Crippen molar-refractivity contribution in [3.05, 3.63) is 145 Å². The van der Waals surface area contributed by atoms with Crippen LogP contribution >= 0.6 is 0 Å². The Balaban J connectivity index is 1.43. The maximum absolute atomic E-state index is 9.11. The summed E-state index contributed by atoms with van der Waals surface area (Å²) in [7, 11) is 0. The Labute approximate surface area is 244 Å². The third-order valence-electron chi connectivity index (χ3n) is 8.19. The molecule has 6 aromatic carbocycles. The van der Waals surface area contributed by atoms with Crippen molar-refractivity contribution in [1.82, 2.24) is 10.2 Å². The summed E-state index contributed by atoms with van der Waals surface area (Å²) in [5.41, 5.74) is 14.3. The van der Waals surface area contributed by atoms with Crippen molar-refractivity contribution >= 4 is 10.8 Å². The highest BCUT2D eigenvalue weighted by Crippen LogP contribution is 2.57. The van der Waals surface area contributed by atoms with E-state index >= 15 is 0 Å². The van der Waals surface area contributed by atoms with Gasteiger partial charge >= 0.3 is 0 Å². The molecule has 7 aromatic rings. The van der Waals surface area contributed by atoms with Crippen molar-refractivity contribution in [2.24, 2.45) is 0 Å². The topological polar surface area (TPSA) is 49.6 Å². The molecule has 0 bridgehead atoms. The second-order valence-electron chi connectivity index (χ2n) is 10.5. The molecule has 1 aliphatic carbocycles. The average molecular weight is 534 g/mol. The van der Waals surface area contributed by atoms with Crippen molar-refractivity contribution in [1.29, 1.82) is 5.26 Å². The van der Waals surface area contributed by atoms with Crippen molar-refractivity contribution in [3.63, 3.8) is 0 Å². The average Bonchev–Trinajstić information content (AvgIpc) is 3.41. The summed E-state index contributed by atoms with van der Waals surface area (Å²) < 4.78 is 0. The monoisotopic (exact) mass is 533 g/mol. The van der Waals surface area contributed by atoms with E-state index in [4.69, 9.17) is 5.26 Å². The molecule has 42 heavy (non-hydrogen) atoms. The number of hydrogen-bond donors (Lipinski definition) is 0. The smallest absolute Gasteiger partial charge is 0.163 e. The number of hydrogen-bond acceptors (Lipinski definition) is 3. The van der Waals surface area contributed by atoms with Gasteiger partial charge in [0.05, 0.1) is 5.69 Å². The van der Waals surface area contributed by atoms with Gasteiger partial charge in [-0.25, -0.2) is 0 Å². The molecule has 3 heteroatoms. The number of rotatable bonds is 4. The molecule has 3 nitrogen and oxygen atoms in total. The van der Waals surface area contributed by atoms with Gasteiger partial charge < -0.3 is 0 Å². The van der Waals surface area contributed by atoms with E-state index in [2.05, 4.69) is 138 Å². The highest BCUT2D eigenvalue weighted by molar-refractivity contribution is 6.22. The zero-order chi connectivity index (χ0) is 28.0. The van der Waals surface area contributed by atoms with Crippen LogP contribution in [0.5, 0.6) is 0 Å². The van der Waals surface area contributed by atoms with Crippen molar-refractivity contribution < 1.29 is 0 Å². The number of fused-ring (bicyclic) bond motifs is 3. The summed E-state index contributed by atoms with van der Waals surface area (Å²) in [4.78, 5) is 0. The minimum Gasteiger partial charge on any atom is -0.191 e. The van der Waals surface area contributed by atoms with Crippen LogP contribution in [0.2, 0.25) is 0 Å². The molecule has 0 amide bonds. The Morgan fingerprint density at radius 1 is 0.429 bits per heavy atom. The van der Waals surface area contributed by atoms with Crippen molar-refractivity contribution in [2.45, 2.75) is 0 Å². The maximum atomic E-state index is 9.11. The first kappa shape index (κ1) is 24.0. The molecule has 0 aliphatic heterocycles. The van der Waals surface area contributed by atoms with Crippen LogP contribution in [0.25, 0.3) is 77.7 Å². The van der Waals surface area contributed by atoms with Gasteiger partial charge in [-0.3, -0.25) is 0 Å². The number of aromatic nitrogens is 2. The van der Waals surface area contributed by atoms with E-state index in [0.29, 0.717) is 5.69 Å². The summed E-state index contributed by atoms with van der Waals surface area (Å²) in [6.07, 6.45) is 0. The van der Waals surface area contributed by atoms with E-state index in [1.807, 2.05) is 12.1 Å². The predicted octanol–water partition coefficient (Wildman–Crippen LogP) is 9.82. The Kier molecular flexibility index (Phi) is 5.52. The van der Waals surface area contributed by atoms with E-state index in [1.165, 1.54) is 60.8 Å². The molecule has 0 saturated carbocycles. The summed E-state index contributed by atoms with van der Waals surface area (Å²) in [5, 5.41) is 20.0. The first-order valence-corrected chi connectivity index (χ1v) is 14.0. The quantitative estimate of drug-likeness (QED) is 0.226. The number of nitriles is 1. The molecule has 1 heterocycles. The Morgan fingerprint density at radius 2 is 1.02 bits per heavy atom. The van der Waals surface area contributed by atoms with Gasteiger partial charge in [-0.1, -0.05) is 121 Å². The normalized spacial score (nSPS) is 11.3. The van der Waals surface area contributed by atoms with Gasteiger partial charge in [-0.15, -0.1) is 10.2 Å². The van der Waals surface area contributed by atoms with Crippen molar-refractivity contribution in [3.8, 4) is 73.0 Å². The molecule has 0 spiro atoms. The molecular weight excluding hydrogens is 510 g/mol. The first-order valence-electron chi connectivity index (χ1n) is 14.0. The van der Waals surface area contributed by atoms with Gasteiger partial charge in [0.1, 0.15) is 6.07 Å². The Hall–Kier alpha value is -5.85. The molecule has 8 rings (SSSR count). The Bertz CT molecular complexity index is 2150. The summed E-state index contributed by atoms with van der Waals surface area (Å²) in [6.45, 7) is 0. The molecule has 0 atom stereocenters. The lowest BCUT2D eigenvalue weighted by atomic mass is 9.82. The van der Waals surface area contributed by atoms with Gasteiger partial charge in [-0.2, -0.15) is 5.26 Å². The van der Waals surface area contributed by atoms with E-state index in [1.54, 1.807) is 6.07 Å². The maximum Gasteiger partial charge on any atom is 0.163 e. The first-order chi connectivity index (χ1) is 20.8. The lowest BCUT2D eigenvalue weighted by Crippen LogP contribution is -1.95. The fraction of sp³-hybridized carbons (Fsp3) is 0. The second kappa shape index (κ2) is 9.66. The van der Waals surface area contributed by atoms with Crippen LogP contribution in [0.1, 0.15) is 5.69 Å². The lowest BCUT2D eigenvalue weighted by molar-refractivity contribution is 1.02. The molecule has 194 valence electrons. The Morgan fingerprint density at radius 3 is 1.67 bits per heavy atom. The van der Waals surface area contributed by atoms with E-state index in [9.17, 15) is 0 Å². The second-order valence-corrected chi connectivity index (χ2v) is 10.5. The summed E-state index contributed by atoms with van der Waals surface area (Å²) in [5.74, 6) is 0. The fourth-order valence-corrected chi connectivity index (χ4v) is 6.33. The number of nitrogens with zero attached hydrogens (tertiary/aromatic N) is 3. The van der Waals surface area contributed by atoms with E-state index in [0.717, 1.165) is 16.8 Å². The number of benzene rings is 6.